The average molecular weight is 242 g/mol. The SMILES string of the molecule is COC(=O)/C(C#N)=C/C=C/N(C)c1ccccc1. The number of methoxy groups -OCH3 is 1. The maximum atomic E-state index is 11.1. The lowest BCUT2D eigenvalue weighted by Gasteiger charge is -2.12. The van der Waals surface area contributed by atoms with Crippen LogP contribution in [0.1, 0.15) is 0 Å². The van der Waals surface area contributed by atoms with E-state index in [4.69, 9.17) is 5.26 Å². The molecule has 18 heavy (non-hydrogen) atoms. The van der Waals surface area contributed by atoms with Crippen LogP contribution in [0.3, 0.4) is 0 Å². The van der Waals surface area contributed by atoms with Crippen molar-refractivity contribution < 1.29 is 9.53 Å². The highest BCUT2D eigenvalue weighted by Gasteiger charge is 2.06. The Balaban J connectivity index is 2.73. The molecular formula is C14H14N2O2. The molecule has 4 nitrogen and oxygen atoms in total. The first kappa shape index (κ1) is 13.5. The molecule has 0 N–H and O–H groups in total. The van der Waals surface area contributed by atoms with Crippen LogP contribution in [0.5, 0.6) is 0 Å². The van der Waals surface area contributed by atoms with E-state index in [1.165, 1.54) is 13.2 Å². The number of hydrogen-bond acceptors (Lipinski definition) is 4. The monoisotopic (exact) mass is 242 g/mol. The predicted molar refractivity (Wildman–Crippen MR) is 69.7 cm³/mol. The van der Waals surface area contributed by atoms with E-state index in [1.54, 1.807) is 18.3 Å². The molecule has 0 spiro atoms. The first-order chi connectivity index (χ1) is 8.69. The van der Waals surface area contributed by atoms with Crippen LogP contribution in [-0.2, 0) is 9.53 Å². The zero-order chi connectivity index (χ0) is 13.4. The van der Waals surface area contributed by atoms with Gasteiger partial charge in [0.05, 0.1) is 7.11 Å². The lowest BCUT2D eigenvalue weighted by Crippen LogP contribution is -2.07. The maximum absolute atomic E-state index is 11.1. The van der Waals surface area contributed by atoms with Crippen LogP contribution >= 0.6 is 0 Å². The van der Waals surface area contributed by atoms with E-state index >= 15 is 0 Å². The van der Waals surface area contributed by atoms with Crippen molar-refractivity contribution in [3.63, 3.8) is 0 Å². The second kappa shape index (κ2) is 6.92. The summed E-state index contributed by atoms with van der Waals surface area (Å²) in [4.78, 5) is 13.0. The Morgan fingerprint density at radius 2 is 2.06 bits per heavy atom. The number of rotatable bonds is 4. The number of hydrogen-bond donors (Lipinski definition) is 0. The third kappa shape index (κ3) is 3.80. The zero-order valence-corrected chi connectivity index (χ0v) is 10.3. The Labute approximate surface area is 106 Å². The molecular weight excluding hydrogens is 228 g/mol. The van der Waals surface area contributed by atoms with Crippen LogP contribution in [0.15, 0.2) is 54.3 Å². The fraction of sp³-hybridized carbons (Fsp3) is 0.143. The summed E-state index contributed by atoms with van der Waals surface area (Å²) in [5, 5.41) is 8.74. The summed E-state index contributed by atoms with van der Waals surface area (Å²) < 4.78 is 4.47. The molecule has 4 heteroatoms. The second-order valence-electron chi connectivity index (χ2n) is 3.47. The predicted octanol–water partition coefficient (Wildman–Crippen LogP) is 2.26. The molecule has 0 bridgehead atoms. The molecule has 1 aromatic carbocycles. The molecule has 0 aromatic heterocycles. The van der Waals surface area contributed by atoms with Crippen LogP contribution in [-0.4, -0.2) is 20.1 Å². The molecule has 0 heterocycles. The fourth-order valence-electron chi connectivity index (χ4n) is 1.28. The quantitative estimate of drug-likeness (QED) is 0.352. The Morgan fingerprint density at radius 1 is 1.39 bits per heavy atom. The van der Waals surface area contributed by atoms with Crippen molar-refractivity contribution in [2.75, 3.05) is 19.1 Å². The van der Waals surface area contributed by atoms with E-state index < -0.39 is 5.97 Å². The molecule has 1 rings (SSSR count). The van der Waals surface area contributed by atoms with Gasteiger partial charge in [0.15, 0.2) is 0 Å². The van der Waals surface area contributed by atoms with E-state index in [2.05, 4.69) is 4.74 Å². The number of anilines is 1. The number of esters is 1. The molecule has 0 saturated heterocycles. The van der Waals surface area contributed by atoms with Gasteiger partial charge in [0.2, 0.25) is 0 Å². The highest BCUT2D eigenvalue weighted by atomic mass is 16.5. The van der Waals surface area contributed by atoms with Crippen molar-refractivity contribution in [3.8, 4) is 6.07 Å². The molecule has 1 aromatic rings. The number of para-hydroxylation sites is 1. The van der Waals surface area contributed by atoms with Crippen molar-refractivity contribution in [3.05, 3.63) is 54.3 Å². The van der Waals surface area contributed by atoms with Crippen LogP contribution in [0.4, 0.5) is 5.69 Å². The summed E-state index contributed by atoms with van der Waals surface area (Å²) in [5.41, 5.74) is 0.980. The van der Waals surface area contributed by atoms with Gasteiger partial charge < -0.3 is 9.64 Å². The Morgan fingerprint density at radius 3 is 2.61 bits per heavy atom. The summed E-state index contributed by atoms with van der Waals surface area (Å²) >= 11 is 0. The smallest absolute Gasteiger partial charge is 0.348 e. The highest BCUT2D eigenvalue weighted by molar-refractivity contribution is 5.92. The average Bonchev–Trinajstić information content (AvgIpc) is 2.43. The number of carbonyl (C=O) groups is 1. The standard InChI is InChI=1S/C14H14N2O2/c1-16(13-8-4-3-5-9-13)10-6-7-12(11-15)14(17)18-2/h3-10H,1-2H3/b10-6+,12-7+. The number of allylic oxidation sites excluding steroid dienone is 2. The molecule has 0 saturated carbocycles. The van der Waals surface area contributed by atoms with E-state index in [1.807, 2.05) is 42.3 Å². The molecule has 0 amide bonds. The minimum Gasteiger partial charge on any atom is -0.465 e. The second-order valence-corrected chi connectivity index (χ2v) is 3.47. The van der Waals surface area contributed by atoms with Crippen molar-refractivity contribution in [1.82, 2.24) is 0 Å². The van der Waals surface area contributed by atoms with Gasteiger partial charge in [-0.2, -0.15) is 5.26 Å². The van der Waals surface area contributed by atoms with Gasteiger partial charge in [-0.3, -0.25) is 0 Å². The first-order valence-corrected chi connectivity index (χ1v) is 5.34. The van der Waals surface area contributed by atoms with Crippen LogP contribution in [0, 0.1) is 11.3 Å². The fourth-order valence-corrected chi connectivity index (χ4v) is 1.28. The van der Waals surface area contributed by atoms with Gasteiger partial charge in [-0.05, 0) is 24.3 Å². The van der Waals surface area contributed by atoms with Crippen molar-refractivity contribution >= 4 is 11.7 Å². The van der Waals surface area contributed by atoms with Crippen molar-refractivity contribution in [2.24, 2.45) is 0 Å². The minimum absolute atomic E-state index is 0.0322. The lowest BCUT2D eigenvalue weighted by atomic mass is 10.2. The van der Waals surface area contributed by atoms with Gasteiger partial charge in [0, 0.05) is 18.9 Å². The summed E-state index contributed by atoms with van der Waals surface area (Å²) in [7, 11) is 3.12. The number of benzene rings is 1. The Hall–Kier alpha value is -2.54. The van der Waals surface area contributed by atoms with Gasteiger partial charge in [-0.15, -0.1) is 0 Å². The minimum atomic E-state index is -0.635. The summed E-state index contributed by atoms with van der Waals surface area (Å²) in [6.07, 6.45) is 4.81. The van der Waals surface area contributed by atoms with E-state index in [0.29, 0.717) is 0 Å². The first-order valence-electron chi connectivity index (χ1n) is 5.34. The summed E-state index contributed by atoms with van der Waals surface area (Å²) in [6, 6.07) is 11.5. The largest absolute Gasteiger partial charge is 0.465 e. The highest BCUT2D eigenvalue weighted by Crippen LogP contribution is 2.11. The number of nitrogens with zero attached hydrogens (tertiary/aromatic N) is 2. The topological polar surface area (TPSA) is 53.3 Å². The van der Waals surface area contributed by atoms with Gasteiger partial charge >= 0.3 is 5.97 Å². The van der Waals surface area contributed by atoms with Gasteiger partial charge in [-0.25, -0.2) is 4.79 Å². The van der Waals surface area contributed by atoms with Crippen molar-refractivity contribution in [2.45, 2.75) is 0 Å². The molecule has 0 atom stereocenters. The third-order valence-electron chi connectivity index (χ3n) is 2.26. The van der Waals surface area contributed by atoms with E-state index in [0.717, 1.165) is 5.69 Å². The zero-order valence-electron chi connectivity index (χ0n) is 10.3. The number of nitriles is 1. The van der Waals surface area contributed by atoms with Crippen LogP contribution in [0.25, 0.3) is 0 Å². The summed E-state index contributed by atoms with van der Waals surface area (Å²) in [5.74, 6) is -0.635. The van der Waals surface area contributed by atoms with E-state index in [-0.39, 0.29) is 5.57 Å². The van der Waals surface area contributed by atoms with Crippen LogP contribution < -0.4 is 4.90 Å². The Kier molecular flexibility index (Phi) is 5.20. The third-order valence-corrected chi connectivity index (χ3v) is 2.26. The molecule has 92 valence electrons. The van der Waals surface area contributed by atoms with Gasteiger partial charge in [0.1, 0.15) is 11.6 Å². The van der Waals surface area contributed by atoms with E-state index in [9.17, 15) is 4.79 Å². The summed E-state index contributed by atoms with van der Waals surface area (Å²) in [6.45, 7) is 0. The van der Waals surface area contributed by atoms with Crippen molar-refractivity contribution in [1.29, 1.82) is 5.26 Å². The van der Waals surface area contributed by atoms with Gasteiger partial charge in [-0.1, -0.05) is 18.2 Å². The molecule has 0 unspecified atom stereocenters. The normalized spacial score (nSPS) is 11.1. The molecule has 0 aliphatic heterocycles. The molecule has 0 aliphatic carbocycles. The molecule has 0 aliphatic rings. The lowest BCUT2D eigenvalue weighted by molar-refractivity contribution is -0.135. The molecule has 0 fully saturated rings. The number of carbonyl (C=O) groups excluding carboxylic acids is 1. The van der Waals surface area contributed by atoms with Gasteiger partial charge in [0.25, 0.3) is 0 Å². The molecule has 0 radical (unpaired) electrons. The number of ether oxygens (including phenoxy) is 1. The van der Waals surface area contributed by atoms with Crippen LogP contribution in [0.2, 0.25) is 0 Å². The Bertz CT molecular complexity index is 498. The maximum Gasteiger partial charge on any atom is 0.348 e.